The second kappa shape index (κ2) is 9.50. The average Bonchev–Trinajstić information content (AvgIpc) is 3.58. The van der Waals surface area contributed by atoms with Crippen molar-refractivity contribution >= 4 is 49.2 Å². The smallest absolute Gasteiger partial charge is 0.0548 e. The van der Waals surface area contributed by atoms with Crippen LogP contribution in [0.25, 0.3) is 71.7 Å². The van der Waals surface area contributed by atoms with Gasteiger partial charge in [0.1, 0.15) is 0 Å². The molecule has 0 saturated heterocycles. The van der Waals surface area contributed by atoms with Crippen molar-refractivity contribution < 1.29 is 0 Å². The molecule has 6 aromatic carbocycles. The largest absolute Gasteiger partial charge is 0.309 e. The normalized spacial score (nSPS) is 11.5. The van der Waals surface area contributed by atoms with Crippen LogP contribution in [0.5, 0.6) is 0 Å². The molecule has 0 spiro atoms. The molecular weight excluding hydrogens is 508 g/mol. The van der Waals surface area contributed by atoms with Crippen LogP contribution >= 0.6 is 0 Å². The van der Waals surface area contributed by atoms with Gasteiger partial charge in [-0.05, 0) is 70.8 Å². The summed E-state index contributed by atoms with van der Waals surface area (Å²) in [6, 6.07) is 50.2. The van der Waals surface area contributed by atoms with E-state index in [1.54, 1.807) is 6.08 Å². The summed E-state index contributed by atoms with van der Waals surface area (Å²) in [5.41, 5.74) is 11.5. The third kappa shape index (κ3) is 3.59. The fourth-order valence-electron chi connectivity index (χ4n) is 6.45. The molecule has 0 bridgehead atoms. The number of nitrogens with zero attached hydrogens (tertiary/aromatic N) is 2. The van der Waals surface area contributed by atoms with E-state index in [0.717, 1.165) is 22.5 Å². The molecule has 2 aromatic heterocycles. The van der Waals surface area contributed by atoms with Crippen LogP contribution in [0.15, 0.2) is 159 Å². The number of aromatic nitrogens is 2. The maximum atomic E-state index is 4.12. The summed E-state index contributed by atoms with van der Waals surface area (Å²) < 4.78 is 4.78. The molecule has 0 aliphatic rings. The Labute approximate surface area is 244 Å². The van der Waals surface area contributed by atoms with Gasteiger partial charge in [-0.25, -0.2) is 0 Å². The van der Waals surface area contributed by atoms with Crippen molar-refractivity contribution in [2.45, 2.75) is 0 Å². The van der Waals surface area contributed by atoms with Gasteiger partial charge in [-0.15, -0.1) is 0 Å². The predicted molar refractivity (Wildman–Crippen MR) is 180 cm³/mol. The van der Waals surface area contributed by atoms with Crippen LogP contribution in [0.4, 0.5) is 0 Å². The molecule has 8 rings (SSSR count). The van der Waals surface area contributed by atoms with Gasteiger partial charge >= 0.3 is 0 Å². The van der Waals surface area contributed by atoms with Gasteiger partial charge in [0.2, 0.25) is 0 Å². The number of hydrogen-bond acceptors (Lipinski definition) is 0. The van der Waals surface area contributed by atoms with Crippen molar-refractivity contribution in [1.82, 2.24) is 9.13 Å². The molecule has 0 amide bonds. The molecule has 0 fully saturated rings. The minimum atomic E-state index is 0.926. The Hall–Kier alpha value is -5.60. The Morgan fingerprint density at radius 2 is 0.905 bits per heavy atom. The molecule has 42 heavy (non-hydrogen) atoms. The first-order valence-corrected chi connectivity index (χ1v) is 14.3. The monoisotopic (exact) mass is 536 g/mol. The summed E-state index contributed by atoms with van der Waals surface area (Å²) in [6.07, 6.45) is 1.80. The van der Waals surface area contributed by atoms with Crippen molar-refractivity contribution in [3.8, 4) is 22.5 Å². The Kier molecular flexibility index (Phi) is 5.48. The molecule has 0 radical (unpaired) electrons. The summed E-state index contributed by atoms with van der Waals surface area (Å²) in [4.78, 5) is 0. The van der Waals surface area contributed by atoms with Crippen LogP contribution in [-0.4, -0.2) is 9.13 Å². The van der Waals surface area contributed by atoms with E-state index in [0.29, 0.717) is 0 Å². The fourth-order valence-corrected chi connectivity index (χ4v) is 6.45. The van der Waals surface area contributed by atoms with Crippen LogP contribution in [0.1, 0.15) is 5.56 Å². The van der Waals surface area contributed by atoms with Gasteiger partial charge in [-0.1, -0.05) is 110 Å². The zero-order valence-corrected chi connectivity index (χ0v) is 23.2. The van der Waals surface area contributed by atoms with E-state index in [1.807, 2.05) is 0 Å². The van der Waals surface area contributed by atoms with E-state index in [-0.39, 0.29) is 0 Å². The third-order valence-electron chi connectivity index (χ3n) is 8.45. The highest BCUT2D eigenvalue weighted by Gasteiger charge is 2.20. The van der Waals surface area contributed by atoms with Gasteiger partial charge in [0.25, 0.3) is 0 Å². The second-order valence-corrected chi connectivity index (χ2v) is 10.7. The number of fused-ring (bicyclic) bond motifs is 7. The summed E-state index contributed by atoms with van der Waals surface area (Å²) >= 11 is 0. The van der Waals surface area contributed by atoms with E-state index in [1.165, 1.54) is 54.7 Å². The lowest BCUT2D eigenvalue weighted by Gasteiger charge is -2.11. The first kappa shape index (κ1) is 24.2. The van der Waals surface area contributed by atoms with Gasteiger partial charge in [-0.2, -0.15) is 0 Å². The maximum Gasteiger partial charge on any atom is 0.0548 e. The predicted octanol–water partition coefficient (Wildman–Crippen LogP) is 10.7. The van der Waals surface area contributed by atoms with Crippen LogP contribution in [-0.2, 0) is 0 Å². The van der Waals surface area contributed by atoms with Crippen molar-refractivity contribution in [2.75, 3.05) is 0 Å². The van der Waals surface area contributed by atoms with E-state index in [2.05, 4.69) is 162 Å². The lowest BCUT2D eigenvalue weighted by Crippen LogP contribution is -1.95. The van der Waals surface area contributed by atoms with Gasteiger partial charge < -0.3 is 9.13 Å². The molecule has 0 unspecified atom stereocenters. The van der Waals surface area contributed by atoms with Crippen molar-refractivity contribution in [1.29, 1.82) is 0 Å². The Bertz CT molecular complexity index is 2300. The van der Waals surface area contributed by atoms with Crippen molar-refractivity contribution in [3.63, 3.8) is 0 Å². The van der Waals surface area contributed by atoms with E-state index in [4.69, 9.17) is 0 Å². The van der Waals surface area contributed by atoms with E-state index >= 15 is 0 Å². The minimum absolute atomic E-state index is 0.926. The first-order chi connectivity index (χ1) is 20.7. The third-order valence-corrected chi connectivity index (χ3v) is 8.45. The van der Waals surface area contributed by atoms with Gasteiger partial charge in [0.15, 0.2) is 0 Å². The number of benzene rings is 6. The highest BCUT2D eigenvalue weighted by molar-refractivity contribution is 6.28. The maximum absolute atomic E-state index is 4.12. The highest BCUT2D eigenvalue weighted by atomic mass is 15.0. The van der Waals surface area contributed by atoms with Crippen LogP contribution < -0.4 is 0 Å². The van der Waals surface area contributed by atoms with Gasteiger partial charge in [-0.3, -0.25) is 0 Å². The minimum Gasteiger partial charge on any atom is -0.309 e. The highest BCUT2D eigenvalue weighted by Crippen LogP contribution is 2.42. The average molecular weight is 537 g/mol. The zero-order valence-electron chi connectivity index (χ0n) is 23.2. The summed E-state index contributed by atoms with van der Waals surface area (Å²) in [5.74, 6) is 0. The Morgan fingerprint density at radius 3 is 1.43 bits per heavy atom. The van der Waals surface area contributed by atoms with E-state index in [9.17, 15) is 0 Å². The molecule has 0 atom stereocenters. The van der Waals surface area contributed by atoms with Crippen LogP contribution in [0, 0.1) is 0 Å². The molecule has 2 heteroatoms. The van der Waals surface area contributed by atoms with Crippen LogP contribution in [0.3, 0.4) is 0 Å². The molecular formula is C40H28N2. The van der Waals surface area contributed by atoms with Gasteiger partial charge in [0.05, 0.1) is 22.1 Å². The quantitative estimate of drug-likeness (QED) is 0.194. The summed E-state index contributed by atoms with van der Waals surface area (Å²) in [6.45, 7) is 8.00. The molecule has 198 valence electrons. The lowest BCUT2D eigenvalue weighted by atomic mass is 10.1. The number of rotatable bonds is 5. The van der Waals surface area contributed by atoms with Crippen LogP contribution in [0.2, 0.25) is 0 Å². The van der Waals surface area contributed by atoms with E-state index < -0.39 is 0 Å². The second-order valence-electron chi connectivity index (χ2n) is 10.7. The van der Waals surface area contributed by atoms with Crippen molar-refractivity contribution in [3.05, 3.63) is 164 Å². The lowest BCUT2D eigenvalue weighted by molar-refractivity contribution is 1.17. The summed E-state index contributed by atoms with van der Waals surface area (Å²) in [7, 11) is 0. The number of hydrogen-bond donors (Lipinski definition) is 0. The molecule has 0 N–H and O–H groups in total. The summed E-state index contributed by atoms with van der Waals surface area (Å²) in [5, 5.41) is 5.06. The Morgan fingerprint density at radius 1 is 0.452 bits per heavy atom. The topological polar surface area (TPSA) is 9.86 Å². The molecule has 8 aromatic rings. The molecule has 0 aliphatic heterocycles. The van der Waals surface area contributed by atoms with Crippen molar-refractivity contribution in [2.24, 2.45) is 0 Å². The number of para-hydroxylation sites is 2. The fraction of sp³-hybridized carbons (Fsp3) is 0. The molecule has 0 saturated carbocycles. The zero-order chi connectivity index (χ0) is 28.2. The molecule has 2 nitrogen and oxygen atoms in total. The Balaban J connectivity index is 1.41. The molecule has 2 heterocycles. The van der Waals surface area contributed by atoms with Gasteiger partial charge in [0, 0.05) is 32.9 Å². The molecule has 0 aliphatic carbocycles. The number of allylic oxidation sites excluding steroid dienone is 2. The SMILES string of the molecule is C=CC(=C)c1ccc(-n2c3ccccc3c3c4c5ccccc5n(-c5ccc(-c6ccccc6)cc5)c4ccc32)cc1. The first-order valence-electron chi connectivity index (χ1n) is 14.3. The standard InChI is InChI=1S/C40H28N2/c1-3-27(2)28-17-21-31(22-18-28)41-35-15-9-7-13-33(35)39-37(41)25-26-38-40(39)34-14-8-10-16-36(34)42(38)32-23-19-30(20-24-32)29-11-5-4-6-12-29/h3-26H,1-2H2.